The number of thiazole rings is 2. The highest BCUT2D eigenvalue weighted by Crippen LogP contribution is 2.34. The minimum atomic E-state index is -0.492. The van der Waals surface area contributed by atoms with Crippen LogP contribution in [0.1, 0.15) is 33.5 Å². The predicted octanol–water partition coefficient (Wildman–Crippen LogP) is 3.88. The number of halogens is 1. The number of aromatic nitrogens is 2. The van der Waals surface area contributed by atoms with Gasteiger partial charge in [-0.25, -0.2) is 9.97 Å². The van der Waals surface area contributed by atoms with Crippen LogP contribution >= 0.6 is 34.3 Å². The summed E-state index contributed by atoms with van der Waals surface area (Å²) in [5.41, 5.74) is 8.15. The summed E-state index contributed by atoms with van der Waals surface area (Å²) in [7, 11) is 0. The van der Waals surface area contributed by atoms with Gasteiger partial charge in [0.2, 0.25) is 11.8 Å². The number of carbonyl (C=O) groups excluding carboxylic acids is 2. The van der Waals surface area contributed by atoms with Crippen LogP contribution in [-0.2, 0) is 11.2 Å². The van der Waals surface area contributed by atoms with E-state index in [2.05, 4.69) is 15.3 Å². The minimum Gasteiger partial charge on any atom is -0.366 e. The Morgan fingerprint density at radius 2 is 2.08 bits per heavy atom. The number of amides is 2. The van der Waals surface area contributed by atoms with E-state index in [0.29, 0.717) is 22.1 Å². The third-order valence-corrected chi connectivity index (χ3v) is 5.85. The van der Waals surface area contributed by atoms with Gasteiger partial charge in [-0.1, -0.05) is 22.9 Å². The fourth-order valence-corrected chi connectivity index (χ4v) is 4.40. The van der Waals surface area contributed by atoms with Crippen molar-refractivity contribution < 1.29 is 9.59 Å². The quantitative estimate of drug-likeness (QED) is 0.671. The van der Waals surface area contributed by atoms with Gasteiger partial charge in [-0.3, -0.25) is 9.59 Å². The van der Waals surface area contributed by atoms with Gasteiger partial charge < -0.3 is 11.1 Å². The first kappa shape index (κ1) is 18.5. The van der Waals surface area contributed by atoms with Crippen LogP contribution in [0.4, 0.5) is 5.13 Å². The maximum absolute atomic E-state index is 11.4. The molecule has 134 valence electrons. The number of hydrogen-bond acceptors (Lipinski definition) is 6. The Labute approximate surface area is 163 Å². The molecule has 1 aromatic carbocycles. The molecule has 3 rings (SSSR count). The van der Waals surface area contributed by atoms with E-state index in [-0.39, 0.29) is 5.91 Å². The lowest BCUT2D eigenvalue weighted by molar-refractivity contribution is -0.114. The van der Waals surface area contributed by atoms with Crippen LogP contribution in [-0.4, -0.2) is 21.8 Å². The van der Waals surface area contributed by atoms with E-state index in [9.17, 15) is 9.59 Å². The van der Waals surface area contributed by atoms with Crippen molar-refractivity contribution in [3.8, 4) is 10.6 Å². The third kappa shape index (κ3) is 4.09. The fourth-order valence-electron chi connectivity index (χ4n) is 2.36. The minimum absolute atomic E-state index is 0.159. The fraction of sp³-hybridized carbons (Fsp3) is 0.176. The summed E-state index contributed by atoms with van der Waals surface area (Å²) in [5, 5.41) is 6.61. The Bertz CT molecular complexity index is 997. The van der Waals surface area contributed by atoms with Gasteiger partial charge in [-0.05, 0) is 30.7 Å². The molecule has 0 spiro atoms. The molecular weight excluding hydrogens is 392 g/mol. The summed E-state index contributed by atoms with van der Waals surface area (Å²) >= 11 is 9.11. The van der Waals surface area contributed by atoms with Gasteiger partial charge in [0.1, 0.15) is 0 Å². The number of nitrogens with two attached hydrogens (primary N) is 1. The van der Waals surface area contributed by atoms with E-state index >= 15 is 0 Å². The zero-order valence-corrected chi connectivity index (χ0v) is 16.4. The number of benzene rings is 1. The second-order valence-corrected chi connectivity index (χ2v) is 7.94. The summed E-state index contributed by atoms with van der Waals surface area (Å²) in [5.74, 6) is -0.651. The molecule has 0 saturated carbocycles. The molecule has 0 radical (unpaired) electrons. The van der Waals surface area contributed by atoms with E-state index in [1.165, 1.54) is 29.6 Å². The van der Waals surface area contributed by atoms with Gasteiger partial charge in [-0.15, -0.1) is 11.3 Å². The molecule has 9 heteroatoms. The first-order valence-corrected chi connectivity index (χ1v) is 9.69. The molecule has 2 amide bonds. The molecule has 0 bridgehead atoms. The third-order valence-electron chi connectivity index (χ3n) is 3.54. The van der Waals surface area contributed by atoms with E-state index in [1.807, 2.05) is 12.3 Å². The van der Waals surface area contributed by atoms with Crippen molar-refractivity contribution in [2.45, 2.75) is 20.3 Å². The molecule has 0 aliphatic rings. The highest BCUT2D eigenvalue weighted by atomic mass is 35.5. The average molecular weight is 407 g/mol. The molecule has 0 unspecified atom stereocenters. The average Bonchev–Trinajstić information content (AvgIpc) is 3.15. The topological polar surface area (TPSA) is 98.0 Å². The molecule has 0 fully saturated rings. The normalized spacial score (nSPS) is 10.7. The van der Waals surface area contributed by atoms with Crippen molar-refractivity contribution in [2.75, 3.05) is 5.32 Å². The van der Waals surface area contributed by atoms with Crippen molar-refractivity contribution >= 4 is 51.2 Å². The summed E-state index contributed by atoms with van der Waals surface area (Å²) in [6.07, 6.45) is 0.501. The van der Waals surface area contributed by atoms with Crippen LogP contribution in [0.2, 0.25) is 5.02 Å². The molecular formula is C17H15ClN4O2S2. The highest BCUT2D eigenvalue weighted by Gasteiger charge is 2.15. The SMILES string of the molecule is CC(=O)Nc1nc(C)c(-c2csc(Cc3cc(C(N)=O)ccc3Cl)n2)s1. The summed E-state index contributed by atoms with van der Waals surface area (Å²) in [6.45, 7) is 3.32. The van der Waals surface area contributed by atoms with Crippen molar-refractivity contribution in [1.82, 2.24) is 9.97 Å². The number of hydrogen-bond donors (Lipinski definition) is 2. The monoisotopic (exact) mass is 406 g/mol. The van der Waals surface area contributed by atoms with Crippen molar-refractivity contribution in [2.24, 2.45) is 5.73 Å². The van der Waals surface area contributed by atoms with Gasteiger partial charge in [-0.2, -0.15) is 0 Å². The largest absolute Gasteiger partial charge is 0.366 e. The number of carbonyl (C=O) groups is 2. The standard InChI is InChI=1S/C17H15ClN4O2S2/c1-8-15(26-17(20-8)21-9(2)23)13-7-25-14(22-13)6-11-5-10(16(19)24)3-4-12(11)18/h3-5,7H,6H2,1-2H3,(H2,19,24)(H,20,21,23). The number of nitrogens with one attached hydrogen (secondary N) is 1. The molecule has 2 aromatic heterocycles. The van der Waals surface area contributed by atoms with Crippen molar-refractivity contribution in [3.63, 3.8) is 0 Å². The van der Waals surface area contributed by atoms with Crippen molar-refractivity contribution in [1.29, 1.82) is 0 Å². The molecule has 0 aliphatic carbocycles. The van der Waals surface area contributed by atoms with Crippen LogP contribution in [0.15, 0.2) is 23.6 Å². The smallest absolute Gasteiger partial charge is 0.248 e. The Kier molecular flexibility index (Phi) is 5.36. The van der Waals surface area contributed by atoms with E-state index in [0.717, 1.165) is 26.8 Å². The Hall–Kier alpha value is -2.29. The predicted molar refractivity (Wildman–Crippen MR) is 105 cm³/mol. The summed E-state index contributed by atoms with van der Waals surface area (Å²) in [6, 6.07) is 4.96. The van der Waals surface area contributed by atoms with Gasteiger partial charge in [0.15, 0.2) is 5.13 Å². The molecule has 0 saturated heterocycles. The van der Waals surface area contributed by atoms with Gasteiger partial charge in [0, 0.05) is 29.3 Å². The lowest BCUT2D eigenvalue weighted by Crippen LogP contribution is -2.11. The van der Waals surface area contributed by atoms with Crippen LogP contribution in [0.5, 0.6) is 0 Å². The second-order valence-electron chi connectivity index (χ2n) is 5.59. The molecule has 2 heterocycles. The highest BCUT2D eigenvalue weighted by molar-refractivity contribution is 7.19. The first-order chi connectivity index (χ1) is 12.3. The van der Waals surface area contributed by atoms with E-state index < -0.39 is 5.91 Å². The molecule has 6 nitrogen and oxygen atoms in total. The number of rotatable bonds is 5. The van der Waals surface area contributed by atoms with Gasteiger partial charge >= 0.3 is 0 Å². The lowest BCUT2D eigenvalue weighted by Gasteiger charge is -2.04. The maximum Gasteiger partial charge on any atom is 0.248 e. The molecule has 3 N–H and O–H groups in total. The molecule has 0 atom stereocenters. The van der Waals surface area contributed by atoms with Gasteiger partial charge in [0.05, 0.1) is 21.3 Å². The summed E-state index contributed by atoms with van der Waals surface area (Å²) in [4.78, 5) is 32.4. The Balaban J connectivity index is 1.85. The lowest BCUT2D eigenvalue weighted by atomic mass is 10.1. The van der Waals surface area contributed by atoms with Gasteiger partial charge in [0.25, 0.3) is 0 Å². The van der Waals surface area contributed by atoms with E-state index in [1.54, 1.807) is 18.2 Å². The molecule has 0 aliphatic heterocycles. The Morgan fingerprint density at radius 3 is 2.77 bits per heavy atom. The van der Waals surface area contributed by atoms with Crippen molar-refractivity contribution in [3.05, 3.63) is 50.4 Å². The second kappa shape index (κ2) is 7.53. The maximum atomic E-state index is 11.4. The zero-order valence-electron chi connectivity index (χ0n) is 14.0. The van der Waals surface area contributed by atoms with Crippen LogP contribution in [0.25, 0.3) is 10.6 Å². The number of primary amides is 1. The van der Waals surface area contributed by atoms with Crippen LogP contribution < -0.4 is 11.1 Å². The molecule has 3 aromatic rings. The zero-order chi connectivity index (χ0) is 18.8. The number of anilines is 1. The van der Waals surface area contributed by atoms with Crippen LogP contribution in [0, 0.1) is 6.92 Å². The number of nitrogens with zero attached hydrogens (tertiary/aromatic N) is 2. The summed E-state index contributed by atoms with van der Waals surface area (Å²) < 4.78 is 0. The molecule has 26 heavy (non-hydrogen) atoms. The van der Waals surface area contributed by atoms with Crippen LogP contribution in [0.3, 0.4) is 0 Å². The number of aryl methyl sites for hydroxylation is 1. The van der Waals surface area contributed by atoms with E-state index in [4.69, 9.17) is 17.3 Å². The first-order valence-electron chi connectivity index (χ1n) is 7.61. The Morgan fingerprint density at radius 1 is 1.31 bits per heavy atom.